The van der Waals surface area contributed by atoms with Crippen LogP contribution in [0.1, 0.15) is 15.9 Å². The molecule has 0 fully saturated rings. The molecule has 2 N–H and O–H groups in total. The highest BCUT2D eigenvalue weighted by atomic mass is 35.5. The zero-order chi connectivity index (χ0) is 20.8. The Morgan fingerprint density at radius 2 is 1.69 bits per heavy atom. The minimum atomic E-state index is -0.220. The summed E-state index contributed by atoms with van der Waals surface area (Å²) in [6.07, 6.45) is 0. The minimum absolute atomic E-state index is 0.0848. The average Bonchev–Trinajstić information content (AvgIpc) is 2.74. The summed E-state index contributed by atoms with van der Waals surface area (Å²) < 4.78 is 0. The van der Waals surface area contributed by atoms with Crippen LogP contribution in [0.5, 0.6) is 0 Å². The summed E-state index contributed by atoms with van der Waals surface area (Å²) in [5.41, 5.74) is 3.60. The van der Waals surface area contributed by atoms with Gasteiger partial charge in [-0.2, -0.15) is 0 Å². The molecule has 0 radical (unpaired) electrons. The van der Waals surface area contributed by atoms with E-state index in [1.807, 2.05) is 49.4 Å². The molecule has 0 aliphatic rings. The molecule has 2 amide bonds. The van der Waals surface area contributed by atoms with Crippen LogP contribution in [0.4, 0.5) is 17.1 Å². The molecular weight excluding hydrogens is 386 g/mol. The first-order chi connectivity index (χ1) is 13.9. The van der Waals surface area contributed by atoms with Crippen molar-refractivity contribution < 1.29 is 9.59 Å². The summed E-state index contributed by atoms with van der Waals surface area (Å²) in [7, 11) is 1.72. The van der Waals surface area contributed by atoms with Gasteiger partial charge in [0.1, 0.15) is 0 Å². The summed E-state index contributed by atoms with van der Waals surface area (Å²) in [6.45, 7) is 2.00. The number of aryl methyl sites for hydroxylation is 1. The van der Waals surface area contributed by atoms with Gasteiger partial charge in [0.25, 0.3) is 5.91 Å². The Labute approximate surface area is 175 Å². The lowest BCUT2D eigenvalue weighted by atomic mass is 10.1. The van der Waals surface area contributed by atoms with Crippen LogP contribution in [0, 0.1) is 6.92 Å². The van der Waals surface area contributed by atoms with E-state index in [1.165, 1.54) is 0 Å². The standard InChI is InChI=1S/C23H22ClN3O2/c1-16-11-12-18(14-21(16)24)25-15-22(28)26-19-8-6-7-17(13-19)23(29)27(2)20-9-4-3-5-10-20/h3-14,25H,15H2,1-2H3,(H,26,28). The van der Waals surface area contributed by atoms with Crippen LogP contribution in [-0.2, 0) is 4.79 Å². The molecule has 0 aliphatic heterocycles. The maximum atomic E-state index is 12.7. The second kappa shape index (κ2) is 9.26. The van der Waals surface area contributed by atoms with Gasteiger partial charge in [0, 0.05) is 34.7 Å². The van der Waals surface area contributed by atoms with E-state index in [0.29, 0.717) is 16.3 Å². The van der Waals surface area contributed by atoms with Gasteiger partial charge in [-0.1, -0.05) is 41.9 Å². The lowest BCUT2D eigenvalue weighted by Crippen LogP contribution is -2.26. The Morgan fingerprint density at radius 1 is 0.931 bits per heavy atom. The van der Waals surface area contributed by atoms with Crippen LogP contribution in [0.2, 0.25) is 5.02 Å². The molecular formula is C23H22ClN3O2. The largest absolute Gasteiger partial charge is 0.376 e. The van der Waals surface area contributed by atoms with Crippen LogP contribution in [0.15, 0.2) is 72.8 Å². The molecule has 0 saturated carbocycles. The topological polar surface area (TPSA) is 61.4 Å². The molecule has 3 aromatic carbocycles. The first-order valence-electron chi connectivity index (χ1n) is 9.17. The van der Waals surface area contributed by atoms with Gasteiger partial charge >= 0.3 is 0 Å². The van der Waals surface area contributed by atoms with E-state index < -0.39 is 0 Å². The minimum Gasteiger partial charge on any atom is -0.376 e. The zero-order valence-electron chi connectivity index (χ0n) is 16.3. The second-order valence-corrected chi connectivity index (χ2v) is 7.05. The number of anilines is 3. The van der Waals surface area contributed by atoms with E-state index in [-0.39, 0.29) is 18.4 Å². The Kier molecular flexibility index (Phi) is 6.52. The number of nitrogens with one attached hydrogen (secondary N) is 2. The monoisotopic (exact) mass is 407 g/mol. The van der Waals surface area contributed by atoms with E-state index in [1.54, 1.807) is 42.3 Å². The second-order valence-electron chi connectivity index (χ2n) is 6.65. The van der Waals surface area contributed by atoms with Crippen molar-refractivity contribution in [1.82, 2.24) is 0 Å². The van der Waals surface area contributed by atoms with Gasteiger partial charge < -0.3 is 15.5 Å². The predicted molar refractivity (Wildman–Crippen MR) is 119 cm³/mol. The molecule has 29 heavy (non-hydrogen) atoms. The van der Waals surface area contributed by atoms with Crippen LogP contribution in [-0.4, -0.2) is 25.4 Å². The fraction of sp³-hybridized carbons (Fsp3) is 0.130. The third-order valence-corrected chi connectivity index (χ3v) is 4.87. The fourth-order valence-electron chi connectivity index (χ4n) is 2.78. The molecule has 148 valence electrons. The lowest BCUT2D eigenvalue weighted by Gasteiger charge is -2.17. The van der Waals surface area contributed by atoms with Gasteiger partial charge in [-0.3, -0.25) is 9.59 Å². The van der Waals surface area contributed by atoms with E-state index >= 15 is 0 Å². The number of carbonyl (C=O) groups is 2. The number of carbonyl (C=O) groups excluding carboxylic acids is 2. The van der Waals surface area contributed by atoms with Gasteiger partial charge in [0.2, 0.25) is 5.91 Å². The summed E-state index contributed by atoms with van der Waals surface area (Å²) in [5, 5.41) is 6.49. The van der Waals surface area contributed by atoms with Gasteiger partial charge in [-0.25, -0.2) is 0 Å². The quantitative estimate of drug-likeness (QED) is 0.606. The molecule has 0 aliphatic carbocycles. The molecule has 0 unspecified atom stereocenters. The Balaban J connectivity index is 1.62. The molecule has 0 saturated heterocycles. The molecule has 3 aromatic rings. The highest BCUT2D eigenvalue weighted by molar-refractivity contribution is 6.31. The third-order valence-electron chi connectivity index (χ3n) is 4.47. The smallest absolute Gasteiger partial charge is 0.258 e. The van der Waals surface area contributed by atoms with Crippen molar-refractivity contribution >= 4 is 40.5 Å². The van der Waals surface area contributed by atoms with Gasteiger partial charge in [-0.05, 0) is 55.0 Å². The first kappa shape index (κ1) is 20.4. The maximum Gasteiger partial charge on any atom is 0.258 e. The summed E-state index contributed by atoms with van der Waals surface area (Å²) in [5.74, 6) is -0.373. The van der Waals surface area contributed by atoms with Gasteiger partial charge in [-0.15, -0.1) is 0 Å². The number of benzene rings is 3. The summed E-state index contributed by atoms with van der Waals surface area (Å²) in [4.78, 5) is 26.6. The maximum absolute atomic E-state index is 12.7. The molecule has 0 atom stereocenters. The molecule has 0 heterocycles. The molecule has 0 spiro atoms. The molecule has 0 aromatic heterocycles. The van der Waals surface area contributed by atoms with Crippen LogP contribution < -0.4 is 15.5 Å². The van der Waals surface area contributed by atoms with Gasteiger partial charge in [0.15, 0.2) is 0 Å². The Hall–Kier alpha value is -3.31. The SMILES string of the molecule is Cc1ccc(NCC(=O)Nc2cccc(C(=O)N(C)c3ccccc3)c2)cc1Cl. The molecule has 6 heteroatoms. The van der Waals surface area contributed by atoms with Crippen molar-refractivity contribution in [2.24, 2.45) is 0 Å². The van der Waals surface area contributed by atoms with E-state index in [9.17, 15) is 9.59 Å². The molecule has 0 bridgehead atoms. The van der Waals surface area contributed by atoms with E-state index in [0.717, 1.165) is 16.9 Å². The zero-order valence-corrected chi connectivity index (χ0v) is 17.0. The number of halogens is 1. The fourth-order valence-corrected chi connectivity index (χ4v) is 2.96. The van der Waals surface area contributed by atoms with Gasteiger partial charge in [0.05, 0.1) is 6.54 Å². The average molecular weight is 408 g/mol. The Bertz CT molecular complexity index is 1020. The number of rotatable bonds is 6. The van der Waals surface area contributed by atoms with Crippen molar-refractivity contribution in [2.45, 2.75) is 6.92 Å². The summed E-state index contributed by atoms with van der Waals surface area (Å²) >= 11 is 6.10. The third kappa shape index (κ3) is 5.36. The van der Waals surface area contributed by atoms with Crippen LogP contribution in [0.25, 0.3) is 0 Å². The number of para-hydroxylation sites is 1. The van der Waals surface area contributed by atoms with Crippen molar-refractivity contribution in [3.63, 3.8) is 0 Å². The normalized spacial score (nSPS) is 10.3. The first-order valence-corrected chi connectivity index (χ1v) is 9.55. The summed E-state index contributed by atoms with van der Waals surface area (Å²) in [6, 6.07) is 21.8. The highest BCUT2D eigenvalue weighted by Crippen LogP contribution is 2.20. The molecule has 5 nitrogen and oxygen atoms in total. The van der Waals surface area contributed by atoms with Crippen LogP contribution >= 0.6 is 11.6 Å². The van der Waals surface area contributed by atoms with Crippen molar-refractivity contribution in [2.75, 3.05) is 29.1 Å². The highest BCUT2D eigenvalue weighted by Gasteiger charge is 2.14. The van der Waals surface area contributed by atoms with Crippen molar-refractivity contribution in [3.05, 3.63) is 88.9 Å². The number of hydrogen-bond donors (Lipinski definition) is 2. The van der Waals surface area contributed by atoms with E-state index in [4.69, 9.17) is 11.6 Å². The lowest BCUT2D eigenvalue weighted by molar-refractivity contribution is -0.114. The van der Waals surface area contributed by atoms with Crippen molar-refractivity contribution in [3.8, 4) is 0 Å². The molecule has 3 rings (SSSR count). The predicted octanol–water partition coefficient (Wildman–Crippen LogP) is 4.98. The van der Waals surface area contributed by atoms with E-state index in [2.05, 4.69) is 10.6 Å². The Morgan fingerprint density at radius 3 is 2.41 bits per heavy atom. The number of nitrogens with zero attached hydrogens (tertiary/aromatic N) is 1. The number of hydrogen-bond acceptors (Lipinski definition) is 3. The van der Waals surface area contributed by atoms with Crippen molar-refractivity contribution in [1.29, 1.82) is 0 Å². The van der Waals surface area contributed by atoms with Crippen LogP contribution in [0.3, 0.4) is 0 Å². The number of amides is 2.